The third-order valence-electron chi connectivity index (χ3n) is 5.21. The number of ether oxygens (including phenoxy) is 1. The maximum atomic E-state index is 12.6. The summed E-state index contributed by atoms with van der Waals surface area (Å²) in [5.41, 5.74) is 2.75. The Balaban J connectivity index is 1.43. The van der Waals surface area contributed by atoms with Gasteiger partial charge in [-0.3, -0.25) is 0 Å². The quantitative estimate of drug-likeness (QED) is 0.445. The van der Waals surface area contributed by atoms with Gasteiger partial charge in [0.05, 0.1) is 22.1 Å². The molecular formula is C24H20N2O4S. The van der Waals surface area contributed by atoms with Gasteiger partial charge in [0.25, 0.3) is 0 Å². The molecule has 7 heteroatoms. The standard InChI is InChI=1S/C24H20N2O4S/c25-17-18-3-5-19(6-4-18)20-7-11-22(12-8-20)30-24(27)21-9-13-23(14-10-21)31(28,29)26-15-1-2-16-26/h3-14H,1-2,15-16H2. The van der Waals surface area contributed by atoms with E-state index < -0.39 is 16.0 Å². The topological polar surface area (TPSA) is 87.5 Å². The van der Waals surface area contributed by atoms with Crippen LogP contribution in [0.2, 0.25) is 0 Å². The number of benzene rings is 3. The van der Waals surface area contributed by atoms with E-state index in [0.717, 1.165) is 24.0 Å². The summed E-state index contributed by atoms with van der Waals surface area (Å²) in [6.07, 6.45) is 1.74. The number of hydrogen-bond acceptors (Lipinski definition) is 5. The van der Waals surface area contributed by atoms with Crippen LogP contribution < -0.4 is 4.74 Å². The molecule has 0 atom stereocenters. The molecule has 3 aromatic carbocycles. The van der Waals surface area contributed by atoms with Gasteiger partial charge in [-0.1, -0.05) is 24.3 Å². The highest BCUT2D eigenvalue weighted by atomic mass is 32.2. The smallest absolute Gasteiger partial charge is 0.343 e. The lowest BCUT2D eigenvalue weighted by Gasteiger charge is -2.15. The van der Waals surface area contributed by atoms with E-state index >= 15 is 0 Å². The Labute approximate surface area is 181 Å². The summed E-state index contributed by atoms with van der Waals surface area (Å²) >= 11 is 0. The molecule has 0 aromatic heterocycles. The van der Waals surface area contributed by atoms with Gasteiger partial charge in [-0.15, -0.1) is 0 Å². The van der Waals surface area contributed by atoms with Gasteiger partial charge >= 0.3 is 5.97 Å². The number of nitriles is 1. The first-order valence-corrected chi connectivity index (χ1v) is 11.3. The zero-order valence-electron chi connectivity index (χ0n) is 16.7. The van der Waals surface area contributed by atoms with E-state index in [1.165, 1.54) is 28.6 Å². The molecule has 6 nitrogen and oxygen atoms in total. The first-order valence-electron chi connectivity index (χ1n) is 9.90. The Bertz CT molecular complexity index is 1220. The lowest BCUT2D eigenvalue weighted by Crippen LogP contribution is -2.27. The minimum atomic E-state index is -3.51. The molecule has 1 aliphatic heterocycles. The molecule has 31 heavy (non-hydrogen) atoms. The third kappa shape index (κ3) is 4.50. The van der Waals surface area contributed by atoms with Crippen molar-refractivity contribution in [3.63, 3.8) is 0 Å². The molecule has 1 heterocycles. The maximum absolute atomic E-state index is 12.6. The molecule has 1 fully saturated rings. The fraction of sp³-hybridized carbons (Fsp3) is 0.167. The van der Waals surface area contributed by atoms with E-state index in [-0.39, 0.29) is 10.5 Å². The van der Waals surface area contributed by atoms with E-state index in [1.807, 2.05) is 24.3 Å². The number of esters is 1. The minimum absolute atomic E-state index is 0.178. The summed E-state index contributed by atoms with van der Waals surface area (Å²) in [6, 6.07) is 22.2. The Morgan fingerprint density at radius 3 is 1.94 bits per heavy atom. The van der Waals surface area contributed by atoms with Crippen LogP contribution in [0.1, 0.15) is 28.8 Å². The molecule has 156 valence electrons. The van der Waals surface area contributed by atoms with Gasteiger partial charge < -0.3 is 4.74 Å². The Hall–Kier alpha value is -3.47. The molecule has 0 spiro atoms. The van der Waals surface area contributed by atoms with Crippen molar-refractivity contribution < 1.29 is 17.9 Å². The molecule has 0 N–H and O–H groups in total. The predicted octanol–water partition coefficient (Wildman–Crippen LogP) is 4.23. The number of carbonyl (C=O) groups excluding carboxylic acids is 1. The van der Waals surface area contributed by atoms with Gasteiger partial charge in [0.1, 0.15) is 5.75 Å². The number of carbonyl (C=O) groups is 1. The molecule has 1 aliphatic rings. The summed E-state index contributed by atoms with van der Waals surface area (Å²) in [5.74, 6) is -0.174. The summed E-state index contributed by atoms with van der Waals surface area (Å²) in [4.78, 5) is 12.6. The van der Waals surface area contributed by atoms with Crippen molar-refractivity contribution in [2.45, 2.75) is 17.7 Å². The monoisotopic (exact) mass is 432 g/mol. The van der Waals surface area contributed by atoms with E-state index in [1.54, 1.807) is 24.3 Å². The van der Waals surface area contributed by atoms with Crippen molar-refractivity contribution in [3.8, 4) is 22.9 Å². The Morgan fingerprint density at radius 1 is 0.839 bits per heavy atom. The van der Waals surface area contributed by atoms with Crippen molar-refractivity contribution in [2.75, 3.05) is 13.1 Å². The van der Waals surface area contributed by atoms with Crippen LogP contribution in [0, 0.1) is 11.3 Å². The molecule has 0 aliphatic carbocycles. The average molecular weight is 433 g/mol. The molecule has 3 aromatic rings. The first kappa shape index (κ1) is 20.8. The molecule has 0 saturated carbocycles. The van der Waals surface area contributed by atoms with Crippen molar-refractivity contribution >= 4 is 16.0 Å². The van der Waals surface area contributed by atoms with Gasteiger partial charge in [0.15, 0.2) is 0 Å². The summed E-state index contributed by atoms with van der Waals surface area (Å²) < 4.78 is 32.0. The van der Waals surface area contributed by atoms with Crippen LogP contribution in [-0.4, -0.2) is 31.8 Å². The van der Waals surface area contributed by atoms with Crippen LogP contribution in [0.25, 0.3) is 11.1 Å². The van der Waals surface area contributed by atoms with Crippen LogP contribution in [0.4, 0.5) is 0 Å². The molecule has 0 amide bonds. The van der Waals surface area contributed by atoms with Crippen LogP contribution in [0.15, 0.2) is 77.7 Å². The zero-order valence-corrected chi connectivity index (χ0v) is 17.5. The average Bonchev–Trinajstić information content (AvgIpc) is 3.36. The summed E-state index contributed by atoms with van der Waals surface area (Å²) in [7, 11) is -3.51. The normalized spacial score (nSPS) is 14.2. The van der Waals surface area contributed by atoms with Crippen LogP contribution in [-0.2, 0) is 10.0 Å². The minimum Gasteiger partial charge on any atom is -0.423 e. The van der Waals surface area contributed by atoms with Crippen molar-refractivity contribution in [1.82, 2.24) is 4.31 Å². The van der Waals surface area contributed by atoms with Crippen LogP contribution in [0.5, 0.6) is 5.75 Å². The summed E-state index contributed by atoms with van der Waals surface area (Å²) in [6.45, 7) is 1.06. The number of nitrogens with zero attached hydrogens (tertiary/aromatic N) is 2. The molecule has 1 saturated heterocycles. The van der Waals surface area contributed by atoms with Crippen molar-refractivity contribution in [3.05, 3.63) is 83.9 Å². The largest absolute Gasteiger partial charge is 0.423 e. The first-order chi connectivity index (χ1) is 15.0. The van der Waals surface area contributed by atoms with Crippen molar-refractivity contribution in [1.29, 1.82) is 5.26 Å². The molecule has 0 unspecified atom stereocenters. The second-order valence-corrected chi connectivity index (χ2v) is 9.18. The molecular weight excluding hydrogens is 412 g/mol. The van der Waals surface area contributed by atoms with Gasteiger partial charge in [-0.25, -0.2) is 13.2 Å². The predicted molar refractivity (Wildman–Crippen MR) is 116 cm³/mol. The fourth-order valence-electron chi connectivity index (χ4n) is 3.46. The molecule has 4 rings (SSSR count). The van der Waals surface area contributed by atoms with E-state index in [2.05, 4.69) is 6.07 Å². The second kappa shape index (κ2) is 8.72. The second-order valence-electron chi connectivity index (χ2n) is 7.24. The van der Waals surface area contributed by atoms with Crippen LogP contribution in [0.3, 0.4) is 0 Å². The van der Waals surface area contributed by atoms with Crippen LogP contribution >= 0.6 is 0 Å². The van der Waals surface area contributed by atoms with Crippen molar-refractivity contribution in [2.24, 2.45) is 0 Å². The van der Waals surface area contributed by atoms with Gasteiger partial charge in [-0.2, -0.15) is 9.57 Å². The highest BCUT2D eigenvalue weighted by molar-refractivity contribution is 7.89. The van der Waals surface area contributed by atoms with Gasteiger partial charge in [-0.05, 0) is 72.5 Å². The lowest BCUT2D eigenvalue weighted by molar-refractivity contribution is 0.0734. The van der Waals surface area contributed by atoms with E-state index in [4.69, 9.17) is 10.00 Å². The zero-order chi connectivity index (χ0) is 21.8. The number of hydrogen-bond donors (Lipinski definition) is 0. The fourth-order valence-corrected chi connectivity index (χ4v) is 4.98. The molecule has 0 bridgehead atoms. The highest BCUT2D eigenvalue weighted by Gasteiger charge is 2.27. The Morgan fingerprint density at radius 2 is 1.39 bits per heavy atom. The van der Waals surface area contributed by atoms with Gasteiger partial charge in [0, 0.05) is 13.1 Å². The maximum Gasteiger partial charge on any atom is 0.343 e. The molecule has 0 radical (unpaired) electrons. The summed E-state index contributed by atoms with van der Waals surface area (Å²) in [5, 5.41) is 8.89. The number of rotatable bonds is 5. The van der Waals surface area contributed by atoms with E-state index in [0.29, 0.717) is 24.4 Å². The number of sulfonamides is 1. The van der Waals surface area contributed by atoms with E-state index in [9.17, 15) is 13.2 Å². The third-order valence-corrected chi connectivity index (χ3v) is 7.12. The highest BCUT2D eigenvalue weighted by Crippen LogP contribution is 2.24. The Kier molecular flexibility index (Phi) is 5.85. The van der Waals surface area contributed by atoms with Gasteiger partial charge in [0.2, 0.25) is 10.0 Å². The SMILES string of the molecule is N#Cc1ccc(-c2ccc(OC(=O)c3ccc(S(=O)(=O)N4CCCC4)cc3)cc2)cc1. The lowest BCUT2D eigenvalue weighted by atomic mass is 10.0.